The lowest BCUT2D eigenvalue weighted by Gasteiger charge is -2.72. The summed E-state index contributed by atoms with van der Waals surface area (Å²) in [4.78, 5) is 0. The van der Waals surface area contributed by atoms with Crippen LogP contribution in [0.2, 0.25) is 0 Å². The molecule has 5 rings (SSSR count). The molecule has 4 saturated carbocycles. The zero-order chi connectivity index (χ0) is 25.1. The third-order valence-electron chi connectivity index (χ3n) is 13.2. The van der Waals surface area contributed by atoms with Gasteiger partial charge in [0.15, 0.2) is 6.29 Å². The van der Waals surface area contributed by atoms with Crippen LogP contribution < -0.4 is 0 Å². The van der Waals surface area contributed by atoms with Crippen molar-refractivity contribution in [1.29, 1.82) is 0 Å². The summed E-state index contributed by atoms with van der Waals surface area (Å²) in [6.07, 6.45) is 8.38. The minimum Gasteiger partial charge on any atom is -0.393 e. The minimum atomic E-state index is -1.49. The SMILES string of the molecule is CC1(C)CC[C@]2(C(O)O)[C@H](O)C[C@]3(C)C(=CC[C@@H]4[C@@]5(C)CC[C@H](O)C(C)(C)[C@@H]5CC[C@]43C)[C@@H]2C1. The zero-order valence-corrected chi connectivity index (χ0v) is 22.7. The molecule has 0 amide bonds. The van der Waals surface area contributed by atoms with Gasteiger partial charge in [0, 0.05) is 0 Å². The lowest BCUT2D eigenvalue weighted by Crippen LogP contribution is -2.68. The van der Waals surface area contributed by atoms with Crippen molar-refractivity contribution in [2.75, 3.05) is 0 Å². The van der Waals surface area contributed by atoms with E-state index in [1.807, 2.05) is 0 Å². The summed E-state index contributed by atoms with van der Waals surface area (Å²) < 4.78 is 0. The van der Waals surface area contributed by atoms with Crippen molar-refractivity contribution < 1.29 is 20.4 Å². The Morgan fingerprint density at radius 1 is 0.794 bits per heavy atom. The highest BCUT2D eigenvalue weighted by molar-refractivity contribution is 5.35. The first-order valence-electron chi connectivity index (χ1n) is 14.0. The van der Waals surface area contributed by atoms with E-state index >= 15 is 0 Å². The third kappa shape index (κ3) is 2.92. The van der Waals surface area contributed by atoms with Crippen molar-refractivity contribution in [2.45, 2.75) is 125 Å². The molecule has 0 radical (unpaired) electrons. The second-order valence-electron chi connectivity index (χ2n) is 15.3. The van der Waals surface area contributed by atoms with E-state index in [0.717, 1.165) is 44.9 Å². The van der Waals surface area contributed by atoms with Crippen LogP contribution >= 0.6 is 0 Å². The number of allylic oxidation sites excluding steroid dienone is 2. The minimum absolute atomic E-state index is 0.0120. The van der Waals surface area contributed by atoms with Crippen molar-refractivity contribution >= 4 is 0 Å². The van der Waals surface area contributed by atoms with E-state index in [0.29, 0.717) is 24.7 Å². The monoisotopic (exact) mass is 474 g/mol. The Labute approximate surface area is 207 Å². The van der Waals surface area contributed by atoms with Gasteiger partial charge in [-0.15, -0.1) is 0 Å². The second-order valence-corrected chi connectivity index (χ2v) is 15.3. The molecule has 0 aromatic heterocycles. The Hall–Kier alpha value is -0.420. The highest BCUT2D eigenvalue weighted by Crippen LogP contribution is 2.75. The van der Waals surface area contributed by atoms with Gasteiger partial charge in [0.1, 0.15) is 0 Å². The predicted molar refractivity (Wildman–Crippen MR) is 135 cm³/mol. The molecule has 0 heterocycles. The Kier molecular flexibility index (Phi) is 5.44. The first kappa shape index (κ1) is 25.2. The molecule has 0 unspecified atom stereocenters. The number of aliphatic hydroxyl groups is 4. The molecule has 4 fully saturated rings. The van der Waals surface area contributed by atoms with E-state index < -0.39 is 17.8 Å². The highest BCUT2D eigenvalue weighted by atomic mass is 16.5. The van der Waals surface area contributed by atoms with Crippen molar-refractivity contribution in [3.05, 3.63) is 11.6 Å². The number of hydrogen-bond acceptors (Lipinski definition) is 4. The molecule has 4 nitrogen and oxygen atoms in total. The predicted octanol–water partition coefficient (Wildman–Crippen LogP) is 5.43. The molecule has 34 heavy (non-hydrogen) atoms. The molecule has 0 aliphatic heterocycles. The normalized spacial score (nSPS) is 53.8. The van der Waals surface area contributed by atoms with Gasteiger partial charge < -0.3 is 20.4 Å². The topological polar surface area (TPSA) is 80.9 Å². The van der Waals surface area contributed by atoms with Crippen molar-refractivity contribution in [3.63, 3.8) is 0 Å². The van der Waals surface area contributed by atoms with E-state index in [9.17, 15) is 20.4 Å². The maximum atomic E-state index is 11.7. The Morgan fingerprint density at radius 2 is 1.47 bits per heavy atom. The molecule has 0 bridgehead atoms. The van der Waals surface area contributed by atoms with Gasteiger partial charge in [-0.05, 0) is 103 Å². The van der Waals surface area contributed by atoms with Crippen LogP contribution in [0.15, 0.2) is 11.6 Å². The summed E-state index contributed by atoms with van der Waals surface area (Å²) in [5.74, 6) is 1.02. The van der Waals surface area contributed by atoms with Gasteiger partial charge in [0.25, 0.3) is 0 Å². The summed E-state index contributed by atoms with van der Waals surface area (Å²) in [6.45, 7) is 16.5. The van der Waals surface area contributed by atoms with Crippen LogP contribution in [-0.4, -0.2) is 38.9 Å². The first-order valence-corrected chi connectivity index (χ1v) is 14.0. The fourth-order valence-electron chi connectivity index (χ4n) is 10.8. The van der Waals surface area contributed by atoms with Gasteiger partial charge in [0.05, 0.1) is 17.6 Å². The molecule has 0 aromatic carbocycles. The van der Waals surface area contributed by atoms with Crippen LogP contribution in [0.1, 0.15) is 106 Å². The molecule has 5 aliphatic carbocycles. The van der Waals surface area contributed by atoms with Crippen molar-refractivity contribution in [3.8, 4) is 0 Å². The van der Waals surface area contributed by atoms with E-state index in [1.54, 1.807) is 0 Å². The molecular weight excluding hydrogens is 424 g/mol. The quantitative estimate of drug-likeness (QED) is 0.302. The van der Waals surface area contributed by atoms with Crippen LogP contribution in [-0.2, 0) is 0 Å². The van der Waals surface area contributed by atoms with Gasteiger partial charge in [-0.3, -0.25) is 0 Å². The van der Waals surface area contributed by atoms with E-state index in [4.69, 9.17) is 0 Å². The van der Waals surface area contributed by atoms with Crippen LogP contribution in [0, 0.1) is 50.2 Å². The zero-order valence-electron chi connectivity index (χ0n) is 22.7. The molecule has 194 valence electrons. The molecule has 9 atom stereocenters. The van der Waals surface area contributed by atoms with Gasteiger partial charge in [-0.25, -0.2) is 0 Å². The smallest absolute Gasteiger partial charge is 0.160 e. The largest absolute Gasteiger partial charge is 0.393 e. The molecule has 5 aliphatic rings. The van der Waals surface area contributed by atoms with Crippen molar-refractivity contribution in [2.24, 2.45) is 50.2 Å². The number of aliphatic hydroxyl groups excluding tert-OH is 3. The lowest BCUT2D eigenvalue weighted by molar-refractivity contribution is -0.257. The van der Waals surface area contributed by atoms with Gasteiger partial charge in [-0.1, -0.05) is 60.1 Å². The average Bonchev–Trinajstić information content (AvgIpc) is 2.71. The third-order valence-corrected chi connectivity index (χ3v) is 13.2. The van der Waals surface area contributed by atoms with E-state index in [2.05, 4.69) is 54.5 Å². The Bertz CT molecular complexity index is 875. The summed E-state index contributed by atoms with van der Waals surface area (Å²) in [6, 6.07) is 0. The summed E-state index contributed by atoms with van der Waals surface area (Å²) in [5.41, 5.74) is 0.692. The average molecular weight is 475 g/mol. The second kappa shape index (κ2) is 7.33. The van der Waals surface area contributed by atoms with Gasteiger partial charge in [-0.2, -0.15) is 0 Å². The number of hydrogen-bond donors (Lipinski definition) is 4. The van der Waals surface area contributed by atoms with Crippen LogP contribution in [0.4, 0.5) is 0 Å². The number of rotatable bonds is 1. The lowest BCUT2D eigenvalue weighted by atomic mass is 9.33. The van der Waals surface area contributed by atoms with Crippen molar-refractivity contribution in [1.82, 2.24) is 0 Å². The Balaban J connectivity index is 1.62. The summed E-state index contributed by atoms with van der Waals surface area (Å²) in [7, 11) is 0. The maximum Gasteiger partial charge on any atom is 0.160 e. The van der Waals surface area contributed by atoms with Gasteiger partial charge >= 0.3 is 0 Å². The molecular formula is C30H50O4. The first-order chi connectivity index (χ1) is 15.6. The standard InChI is InChI=1S/C30H50O4/c1-25(2)14-15-30(24(33)34)19(16-25)18-8-9-21-27(5)12-11-22(31)26(3,4)20(27)10-13-28(21,6)29(18,7)17-23(30)32/h8,19-24,31-34H,9-17H2,1-7H3/t19-,20-,21+,22-,23+,27-,28+,29+,30+/m0/s1. The fourth-order valence-corrected chi connectivity index (χ4v) is 10.8. The molecule has 4 N–H and O–H groups in total. The van der Waals surface area contributed by atoms with Crippen LogP contribution in [0.5, 0.6) is 0 Å². The van der Waals surface area contributed by atoms with E-state index in [-0.39, 0.29) is 39.1 Å². The molecule has 0 aromatic rings. The summed E-state index contributed by atoms with van der Waals surface area (Å²) in [5, 5.41) is 44.0. The van der Waals surface area contributed by atoms with E-state index in [1.165, 1.54) is 5.57 Å². The number of fused-ring (bicyclic) bond motifs is 7. The molecule has 4 heteroatoms. The Morgan fingerprint density at radius 3 is 2.12 bits per heavy atom. The van der Waals surface area contributed by atoms with Crippen LogP contribution in [0.25, 0.3) is 0 Å². The highest BCUT2D eigenvalue weighted by Gasteiger charge is 2.70. The molecule has 0 spiro atoms. The molecule has 0 saturated heterocycles. The van der Waals surface area contributed by atoms with Crippen LogP contribution in [0.3, 0.4) is 0 Å². The fraction of sp³-hybridized carbons (Fsp3) is 0.933. The summed E-state index contributed by atoms with van der Waals surface area (Å²) >= 11 is 0. The van der Waals surface area contributed by atoms with Gasteiger partial charge in [0.2, 0.25) is 0 Å². The maximum absolute atomic E-state index is 11.7.